The van der Waals surface area contributed by atoms with Crippen LogP contribution >= 0.6 is 23.8 Å². The summed E-state index contributed by atoms with van der Waals surface area (Å²) in [4.78, 5) is 27.6. The summed E-state index contributed by atoms with van der Waals surface area (Å²) < 4.78 is 11.0. The van der Waals surface area contributed by atoms with E-state index in [1.165, 1.54) is 12.1 Å². The van der Waals surface area contributed by atoms with Crippen LogP contribution in [0, 0.1) is 10.1 Å². The molecule has 0 bridgehead atoms. The number of nitro groups is 1. The van der Waals surface area contributed by atoms with Crippen LogP contribution in [0.25, 0.3) is 22.6 Å². The molecule has 11 heteroatoms. The van der Waals surface area contributed by atoms with Crippen LogP contribution in [0.3, 0.4) is 0 Å². The van der Waals surface area contributed by atoms with Gasteiger partial charge in [0.25, 0.3) is 5.91 Å². The number of benzene rings is 3. The van der Waals surface area contributed by atoms with E-state index in [2.05, 4.69) is 15.6 Å². The molecule has 1 aromatic heterocycles. The number of thiocarbonyl (C=S) groups is 1. The van der Waals surface area contributed by atoms with Crippen molar-refractivity contribution in [3.63, 3.8) is 0 Å². The van der Waals surface area contributed by atoms with Gasteiger partial charge in [-0.15, -0.1) is 0 Å². The van der Waals surface area contributed by atoms with Crippen LogP contribution in [-0.4, -0.2) is 27.5 Å². The summed E-state index contributed by atoms with van der Waals surface area (Å²) >= 11 is 11.2. The van der Waals surface area contributed by atoms with Gasteiger partial charge in [0, 0.05) is 27.9 Å². The SMILES string of the molecule is CCOc1ccc(C(=O)NC(=S)Nc2ccc(-c3nc4cc(Cl)ccc4o3)cc2)cc1[N+](=O)[O-]. The van der Waals surface area contributed by atoms with Gasteiger partial charge in [0.2, 0.25) is 5.89 Å². The van der Waals surface area contributed by atoms with Crippen LogP contribution < -0.4 is 15.4 Å². The molecule has 172 valence electrons. The normalized spacial score (nSPS) is 10.6. The van der Waals surface area contributed by atoms with Crippen molar-refractivity contribution in [1.29, 1.82) is 0 Å². The molecule has 0 radical (unpaired) electrons. The fourth-order valence-corrected chi connectivity index (χ4v) is 3.51. The third-order valence-electron chi connectivity index (χ3n) is 4.68. The lowest BCUT2D eigenvalue weighted by Gasteiger charge is -2.10. The average molecular weight is 497 g/mol. The van der Waals surface area contributed by atoms with Gasteiger partial charge in [0.1, 0.15) is 5.52 Å². The Bertz CT molecular complexity index is 1400. The lowest BCUT2D eigenvalue weighted by Crippen LogP contribution is -2.34. The molecule has 34 heavy (non-hydrogen) atoms. The van der Waals surface area contributed by atoms with Crippen molar-refractivity contribution in [2.24, 2.45) is 0 Å². The monoisotopic (exact) mass is 496 g/mol. The van der Waals surface area contributed by atoms with Crippen LogP contribution in [0.15, 0.2) is 65.1 Å². The van der Waals surface area contributed by atoms with Gasteiger partial charge in [0.15, 0.2) is 16.4 Å². The van der Waals surface area contributed by atoms with Crippen molar-refractivity contribution >= 4 is 57.3 Å². The second-order valence-electron chi connectivity index (χ2n) is 6.99. The smallest absolute Gasteiger partial charge is 0.311 e. The van der Waals surface area contributed by atoms with Crippen molar-refractivity contribution in [3.05, 3.63) is 81.4 Å². The second kappa shape index (κ2) is 9.86. The maximum atomic E-state index is 12.5. The number of anilines is 1. The largest absolute Gasteiger partial charge is 0.487 e. The van der Waals surface area contributed by atoms with Gasteiger partial charge in [-0.1, -0.05) is 11.6 Å². The first kappa shape index (κ1) is 23.1. The zero-order valence-electron chi connectivity index (χ0n) is 17.7. The summed E-state index contributed by atoms with van der Waals surface area (Å²) in [5, 5.41) is 17.3. The van der Waals surface area contributed by atoms with E-state index in [9.17, 15) is 14.9 Å². The van der Waals surface area contributed by atoms with Gasteiger partial charge >= 0.3 is 5.69 Å². The molecule has 2 N–H and O–H groups in total. The van der Waals surface area contributed by atoms with Crippen molar-refractivity contribution in [1.82, 2.24) is 10.3 Å². The Morgan fingerprint density at radius 1 is 1.18 bits per heavy atom. The molecule has 0 spiro atoms. The third kappa shape index (κ3) is 5.13. The number of halogens is 1. The molecule has 9 nitrogen and oxygen atoms in total. The predicted octanol–water partition coefficient (Wildman–Crippen LogP) is 5.58. The zero-order valence-corrected chi connectivity index (χ0v) is 19.3. The van der Waals surface area contributed by atoms with E-state index in [0.717, 1.165) is 11.6 Å². The molecule has 0 saturated carbocycles. The van der Waals surface area contributed by atoms with E-state index in [-0.39, 0.29) is 28.7 Å². The summed E-state index contributed by atoms with van der Waals surface area (Å²) in [5.41, 5.74) is 2.42. The quantitative estimate of drug-likeness (QED) is 0.201. The van der Waals surface area contributed by atoms with Crippen LogP contribution in [-0.2, 0) is 0 Å². The third-order valence-corrected chi connectivity index (χ3v) is 5.12. The molecule has 0 atom stereocenters. The number of carbonyl (C=O) groups is 1. The Balaban J connectivity index is 1.42. The van der Waals surface area contributed by atoms with E-state index in [4.69, 9.17) is 33.0 Å². The first-order valence-corrected chi connectivity index (χ1v) is 10.8. The molecule has 1 amide bonds. The number of nitrogens with one attached hydrogen (secondary N) is 2. The Kier molecular flexibility index (Phi) is 6.71. The highest BCUT2D eigenvalue weighted by atomic mass is 35.5. The summed E-state index contributed by atoms with van der Waals surface area (Å²) in [6.45, 7) is 1.98. The van der Waals surface area contributed by atoms with Crippen molar-refractivity contribution < 1.29 is 18.9 Å². The number of nitro benzene ring substituents is 1. The number of hydrogen-bond acceptors (Lipinski definition) is 7. The first-order chi connectivity index (χ1) is 16.3. The minimum Gasteiger partial charge on any atom is -0.487 e. The number of oxazole rings is 1. The van der Waals surface area contributed by atoms with Gasteiger partial charge in [-0.2, -0.15) is 0 Å². The minimum absolute atomic E-state index is 0.0331. The molecule has 0 aliphatic heterocycles. The second-order valence-corrected chi connectivity index (χ2v) is 7.83. The summed E-state index contributed by atoms with van der Waals surface area (Å²) in [6, 6.07) is 16.2. The number of hydrogen-bond donors (Lipinski definition) is 2. The van der Waals surface area contributed by atoms with E-state index in [1.807, 2.05) is 0 Å². The number of amides is 1. The Morgan fingerprint density at radius 3 is 2.65 bits per heavy atom. The Hall–Kier alpha value is -4.02. The fourth-order valence-electron chi connectivity index (χ4n) is 3.14. The van der Waals surface area contributed by atoms with Crippen LogP contribution in [0.5, 0.6) is 5.75 Å². The molecule has 0 saturated heterocycles. The van der Waals surface area contributed by atoms with Crippen molar-refractivity contribution in [3.8, 4) is 17.2 Å². The van der Waals surface area contributed by atoms with Crippen molar-refractivity contribution in [2.45, 2.75) is 6.92 Å². The molecular formula is C23H17ClN4O5S. The number of ether oxygens (including phenoxy) is 1. The number of fused-ring (bicyclic) bond motifs is 1. The molecule has 0 aliphatic rings. The van der Waals surface area contributed by atoms with Gasteiger partial charge in [-0.3, -0.25) is 20.2 Å². The highest BCUT2D eigenvalue weighted by Crippen LogP contribution is 2.29. The van der Waals surface area contributed by atoms with Gasteiger partial charge in [-0.05, 0) is 73.7 Å². The van der Waals surface area contributed by atoms with E-state index < -0.39 is 10.8 Å². The molecule has 0 fully saturated rings. The van der Waals surface area contributed by atoms with Crippen LogP contribution in [0.1, 0.15) is 17.3 Å². The fraction of sp³-hybridized carbons (Fsp3) is 0.0870. The first-order valence-electron chi connectivity index (χ1n) is 10.0. The van der Waals surface area contributed by atoms with Gasteiger partial charge in [-0.25, -0.2) is 4.98 Å². The number of nitrogens with zero attached hydrogens (tertiary/aromatic N) is 2. The van der Waals surface area contributed by atoms with E-state index >= 15 is 0 Å². The summed E-state index contributed by atoms with van der Waals surface area (Å²) in [7, 11) is 0. The average Bonchev–Trinajstić information content (AvgIpc) is 3.23. The molecular weight excluding hydrogens is 480 g/mol. The maximum Gasteiger partial charge on any atom is 0.311 e. The van der Waals surface area contributed by atoms with Gasteiger partial charge < -0.3 is 14.5 Å². The summed E-state index contributed by atoms with van der Waals surface area (Å²) in [5.74, 6) is -0.0610. The van der Waals surface area contributed by atoms with Crippen LogP contribution in [0.4, 0.5) is 11.4 Å². The lowest BCUT2D eigenvalue weighted by atomic mass is 10.1. The molecule has 1 heterocycles. The number of aromatic nitrogens is 1. The maximum absolute atomic E-state index is 12.5. The number of rotatable bonds is 6. The Labute approximate surface area is 203 Å². The standard InChI is InChI=1S/C23H17ClN4O5S/c1-2-32-20-9-5-14(11-18(20)28(30)31)21(29)27-23(34)25-16-7-3-13(4-8-16)22-26-17-12-15(24)6-10-19(17)33-22/h3-12H,2H2,1H3,(H2,25,27,29,34). The predicted molar refractivity (Wildman–Crippen MR) is 132 cm³/mol. The summed E-state index contributed by atoms with van der Waals surface area (Å²) in [6.07, 6.45) is 0. The molecule has 4 aromatic rings. The van der Waals surface area contributed by atoms with Crippen molar-refractivity contribution in [2.75, 3.05) is 11.9 Å². The van der Waals surface area contributed by atoms with Crippen LogP contribution in [0.2, 0.25) is 5.02 Å². The molecule has 3 aromatic carbocycles. The minimum atomic E-state index is -0.606. The lowest BCUT2D eigenvalue weighted by molar-refractivity contribution is -0.385. The molecule has 4 rings (SSSR count). The van der Waals surface area contributed by atoms with Gasteiger partial charge in [0.05, 0.1) is 11.5 Å². The zero-order chi connectivity index (χ0) is 24.2. The molecule has 0 unspecified atom stereocenters. The highest BCUT2D eigenvalue weighted by Gasteiger charge is 2.19. The topological polar surface area (TPSA) is 120 Å². The highest BCUT2D eigenvalue weighted by molar-refractivity contribution is 7.80. The molecule has 0 aliphatic carbocycles. The van der Waals surface area contributed by atoms with E-state index in [0.29, 0.717) is 27.7 Å². The van der Waals surface area contributed by atoms with E-state index in [1.54, 1.807) is 49.4 Å². The number of carbonyl (C=O) groups excluding carboxylic acids is 1. The Morgan fingerprint density at radius 2 is 1.94 bits per heavy atom.